The quantitative estimate of drug-likeness (QED) is 0.414. The Morgan fingerprint density at radius 2 is 1.61 bits per heavy atom. The number of alkyl halides is 7. The number of esters is 1. The lowest BCUT2D eigenvalue weighted by atomic mass is 10.2. The Hall–Kier alpha value is -0.550. The first-order valence-electron chi connectivity index (χ1n) is 4.17. The summed E-state index contributed by atoms with van der Waals surface area (Å²) in [5.74, 6) is -6.28. The molecule has 106 valence electrons. The molecule has 1 rings (SSSR count). The minimum Gasteiger partial charge on any atom is -0.467 e. The zero-order chi connectivity index (χ0) is 14.4. The Labute approximate surface area is 104 Å². The highest BCUT2D eigenvalue weighted by Crippen LogP contribution is 2.52. The minimum atomic E-state index is -5.90. The molecule has 4 nitrogen and oxygen atoms in total. The maximum atomic E-state index is 12.5. The van der Waals surface area contributed by atoms with Gasteiger partial charge in [0.2, 0.25) is 0 Å². The van der Waals surface area contributed by atoms with Crippen molar-refractivity contribution in [1.82, 2.24) is 0 Å². The average Bonchev–Trinajstić information content (AvgIpc) is 2.54. The standard InChI is InChI=1S/C7H5BrF6O4/c1-16-4(15)2-3(8)18-5(17-2,6(9,10)11)7(12,13)14/h2-3H,1H3. The van der Waals surface area contributed by atoms with Crippen LogP contribution >= 0.6 is 15.9 Å². The van der Waals surface area contributed by atoms with E-state index in [1.165, 1.54) is 0 Å². The Morgan fingerprint density at radius 3 is 1.89 bits per heavy atom. The fourth-order valence-corrected chi connectivity index (χ4v) is 1.77. The summed E-state index contributed by atoms with van der Waals surface area (Å²) < 4.78 is 86.4. The van der Waals surface area contributed by atoms with Crippen LogP contribution in [0.2, 0.25) is 0 Å². The van der Waals surface area contributed by atoms with Gasteiger partial charge in [0.15, 0.2) is 11.1 Å². The highest BCUT2D eigenvalue weighted by atomic mass is 79.9. The van der Waals surface area contributed by atoms with Gasteiger partial charge in [-0.25, -0.2) is 4.79 Å². The smallest absolute Gasteiger partial charge is 0.453 e. The number of ether oxygens (including phenoxy) is 3. The largest absolute Gasteiger partial charge is 0.467 e. The molecule has 1 fully saturated rings. The van der Waals surface area contributed by atoms with Crippen molar-refractivity contribution in [3.8, 4) is 0 Å². The van der Waals surface area contributed by atoms with Crippen LogP contribution in [0.3, 0.4) is 0 Å². The van der Waals surface area contributed by atoms with Gasteiger partial charge in [0, 0.05) is 0 Å². The van der Waals surface area contributed by atoms with Crippen molar-refractivity contribution in [1.29, 1.82) is 0 Å². The molecule has 1 aliphatic heterocycles. The fourth-order valence-electron chi connectivity index (χ4n) is 1.18. The van der Waals surface area contributed by atoms with Gasteiger partial charge in [-0.3, -0.25) is 0 Å². The third-order valence-electron chi connectivity index (χ3n) is 1.99. The van der Waals surface area contributed by atoms with Gasteiger partial charge in [0.25, 0.3) is 0 Å². The summed E-state index contributed by atoms with van der Waals surface area (Å²) in [6.45, 7) is 0. The second-order valence-corrected chi connectivity index (χ2v) is 4.05. The zero-order valence-corrected chi connectivity index (χ0v) is 10.0. The molecule has 0 aliphatic carbocycles. The summed E-state index contributed by atoms with van der Waals surface area (Å²) in [6.07, 6.45) is -14.0. The van der Waals surface area contributed by atoms with Crippen molar-refractivity contribution in [3.63, 3.8) is 0 Å². The molecule has 0 aromatic carbocycles. The highest BCUT2D eigenvalue weighted by Gasteiger charge is 2.79. The van der Waals surface area contributed by atoms with E-state index in [1.54, 1.807) is 0 Å². The van der Waals surface area contributed by atoms with Crippen LogP contribution < -0.4 is 0 Å². The van der Waals surface area contributed by atoms with Gasteiger partial charge in [0.1, 0.15) is 0 Å². The zero-order valence-electron chi connectivity index (χ0n) is 8.43. The van der Waals surface area contributed by atoms with Crippen molar-refractivity contribution >= 4 is 21.9 Å². The number of rotatable bonds is 1. The maximum Gasteiger partial charge on any atom is 0.453 e. The Bertz CT molecular complexity index is 326. The van der Waals surface area contributed by atoms with Gasteiger partial charge >= 0.3 is 24.1 Å². The normalized spacial score (nSPS) is 28.2. The molecule has 11 heteroatoms. The van der Waals surface area contributed by atoms with Crippen LogP contribution in [-0.2, 0) is 19.0 Å². The topological polar surface area (TPSA) is 44.8 Å². The molecule has 2 unspecified atom stereocenters. The third kappa shape index (κ3) is 2.30. The molecule has 0 spiro atoms. The van der Waals surface area contributed by atoms with Gasteiger partial charge in [-0.05, 0) is 0 Å². The number of methoxy groups -OCH3 is 1. The van der Waals surface area contributed by atoms with E-state index in [1.807, 2.05) is 0 Å². The molecule has 0 N–H and O–H groups in total. The number of hydrogen-bond donors (Lipinski definition) is 0. The van der Waals surface area contributed by atoms with Crippen LogP contribution in [0.25, 0.3) is 0 Å². The van der Waals surface area contributed by atoms with Crippen LogP contribution in [0.1, 0.15) is 0 Å². The lowest BCUT2D eigenvalue weighted by molar-refractivity contribution is -0.443. The predicted octanol–water partition coefficient (Wildman–Crippen LogP) is 2.12. The van der Waals surface area contributed by atoms with Crippen molar-refractivity contribution in [3.05, 3.63) is 0 Å². The van der Waals surface area contributed by atoms with Crippen LogP contribution in [0.5, 0.6) is 0 Å². The van der Waals surface area contributed by atoms with Gasteiger partial charge in [-0.1, -0.05) is 15.9 Å². The van der Waals surface area contributed by atoms with Crippen molar-refractivity contribution in [2.45, 2.75) is 29.3 Å². The van der Waals surface area contributed by atoms with Gasteiger partial charge in [-0.15, -0.1) is 0 Å². The lowest BCUT2D eigenvalue weighted by Gasteiger charge is -2.31. The molecule has 18 heavy (non-hydrogen) atoms. The van der Waals surface area contributed by atoms with Crippen molar-refractivity contribution < 1.29 is 45.3 Å². The van der Waals surface area contributed by atoms with E-state index in [0.29, 0.717) is 0 Å². The first-order chi connectivity index (χ1) is 7.96. The number of carbonyl (C=O) groups excluding carboxylic acids is 1. The van der Waals surface area contributed by atoms with E-state index in [2.05, 4.69) is 30.1 Å². The molecule has 1 aliphatic rings. The molecule has 0 aromatic rings. The Kier molecular flexibility index (Phi) is 3.90. The third-order valence-corrected chi connectivity index (χ3v) is 2.66. The molecule has 1 saturated heterocycles. The van der Waals surface area contributed by atoms with Crippen molar-refractivity contribution in [2.24, 2.45) is 0 Å². The molecule has 0 amide bonds. The van der Waals surface area contributed by atoms with E-state index in [4.69, 9.17) is 0 Å². The predicted molar refractivity (Wildman–Crippen MR) is 45.5 cm³/mol. The highest BCUT2D eigenvalue weighted by molar-refractivity contribution is 9.09. The first-order valence-corrected chi connectivity index (χ1v) is 5.09. The van der Waals surface area contributed by atoms with E-state index in [9.17, 15) is 31.1 Å². The monoisotopic (exact) mass is 346 g/mol. The molecule has 0 aromatic heterocycles. The molecule has 0 bridgehead atoms. The summed E-state index contributed by atoms with van der Waals surface area (Å²) in [5, 5.41) is -1.94. The Balaban J connectivity index is 3.16. The van der Waals surface area contributed by atoms with Gasteiger partial charge < -0.3 is 14.2 Å². The summed E-state index contributed by atoms with van der Waals surface area (Å²) >= 11 is 2.36. The maximum absolute atomic E-state index is 12.5. The molecular formula is C7H5BrF6O4. The van der Waals surface area contributed by atoms with Crippen LogP contribution in [0.15, 0.2) is 0 Å². The summed E-state index contributed by atoms with van der Waals surface area (Å²) in [6, 6.07) is 0. The van der Waals surface area contributed by atoms with Gasteiger partial charge in [0.05, 0.1) is 7.11 Å². The summed E-state index contributed by atoms with van der Waals surface area (Å²) in [4.78, 5) is 11.0. The van der Waals surface area contributed by atoms with Crippen LogP contribution in [-0.4, -0.2) is 42.3 Å². The van der Waals surface area contributed by atoms with E-state index < -0.39 is 35.2 Å². The molecule has 0 radical (unpaired) electrons. The second kappa shape index (κ2) is 4.53. The average molecular weight is 347 g/mol. The molecule has 1 heterocycles. The van der Waals surface area contributed by atoms with E-state index in [0.717, 1.165) is 7.11 Å². The lowest BCUT2D eigenvalue weighted by Crippen LogP contribution is -2.58. The van der Waals surface area contributed by atoms with Gasteiger partial charge in [-0.2, -0.15) is 26.3 Å². The number of carbonyl (C=O) groups is 1. The molecule has 0 saturated carbocycles. The SMILES string of the molecule is COC(=O)C1OC(C(F)(F)F)(C(F)(F)F)OC1Br. The van der Waals surface area contributed by atoms with E-state index >= 15 is 0 Å². The minimum absolute atomic E-state index is 0.784. The Morgan fingerprint density at radius 1 is 1.17 bits per heavy atom. The summed E-state index contributed by atoms with van der Waals surface area (Å²) in [5.41, 5.74) is 0. The number of hydrogen-bond acceptors (Lipinski definition) is 4. The van der Waals surface area contributed by atoms with E-state index in [-0.39, 0.29) is 0 Å². The van der Waals surface area contributed by atoms with Crippen LogP contribution in [0, 0.1) is 0 Å². The molecule has 2 atom stereocenters. The fraction of sp³-hybridized carbons (Fsp3) is 0.857. The van der Waals surface area contributed by atoms with Crippen LogP contribution in [0.4, 0.5) is 26.3 Å². The molecular weight excluding hydrogens is 342 g/mol. The number of halogens is 7. The first kappa shape index (κ1) is 15.5. The second-order valence-electron chi connectivity index (χ2n) is 3.14. The van der Waals surface area contributed by atoms with Crippen molar-refractivity contribution in [2.75, 3.05) is 7.11 Å². The summed E-state index contributed by atoms with van der Waals surface area (Å²) in [7, 11) is 0.784.